The summed E-state index contributed by atoms with van der Waals surface area (Å²) in [6.45, 7) is 4.88. The minimum absolute atomic E-state index is 0.0649. The minimum Gasteiger partial charge on any atom is -0.387 e. The Kier molecular flexibility index (Phi) is 65.6. The van der Waals surface area contributed by atoms with Gasteiger partial charge in [0.1, 0.15) is 13.2 Å². The number of aliphatic hydroxyl groups excluding tert-OH is 1. The molecular weight excluding hydrogens is 1060 g/mol. The predicted octanol–water partition coefficient (Wildman–Crippen LogP) is 24.2. The van der Waals surface area contributed by atoms with Gasteiger partial charge in [0, 0.05) is 6.42 Å². The summed E-state index contributed by atoms with van der Waals surface area (Å²) in [5.41, 5.74) is 0. The fourth-order valence-electron chi connectivity index (χ4n) is 11.8. The molecule has 8 nitrogen and oxygen atoms in total. The molecule has 0 aliphatic rings. The number of unbranched alkanes of at least 4 members (excludes halogenated alkanes) is 56. The second-order valence-electron chi connectivity index (χ2n) is 27.4. The largest absolute Gasteiger partial charge is 0.472 e. The van der Waals surface area contributed by atoms with Crippen molar-refractivity contribution >= 4 is 13.7 Å². The molecule has 0 fully saturated rings. The van der Waals surface area contributed by atoms with Crippen molar-refractivity contribution in [2.45, 2.75) is 411 Å². The van der Waals surface area contributed by atoms with Crippen LogP contribution in [0.4, 0.5) is 0 Å². The van der Waals surface area contributed by atoms with Crippen molar-refractivity contribution in [1.82, 2.24) is 5.32 Å². The number of quaternary nitrogens is 1. The molecule has 0 aromatic heterocycles. The van der Waals surface area contributed by atoms with Gasteiger partial charge in [-0.2, -0.15) is 0 Å². The van der Waals surface area contributed by atoms with Crippen LogP contribution in [0.15, 0.2) is 24.3 Å². The van der Waals surface area contributed by atoms with Crippen LogP contribution in [0.25, 0.3) is 0 Å². The van der Waals surface area contributed by atoms with Gasteiger partial charge in [-0.25, -0.2) is 4.57 Å². The molecule has 0 aliphatic carbocycles. The second-order valence-corrected chi connectivity index (χ2v) is 28.8. The van der Waals surface area contributed by atoms with Crippen LogP contribution < -0.4 is 5.32 Å². The smallest absolute Gasteiger partial charge is 0.387 e. The number of aliphatic hydroxyl groups is 1. The molecule has 3 atom stereocenters. The van der Waals surface area contributed by atoms with Crippen molar-refractivity contribution in [2.24, 2.45) is 0 Å². The SMILES string of the molecule is CCCCCCCCCC/C=C\CCCCCCCCCCCCCCCCCCCCCCCCCCCCCCCC(=O)NC(COP(=O)(O)OCC[N+](C)(C)C)C(O)/C=C/CCCCCCCCCCCCCCCCCCCCC. The highest BCUT2D eigenvalue weighted by atomic mass is 31.2. The molecule has 3 unspecified atom stereocenters. The number of allylic oxidation sites excluding steroid dienone is 3. The van der Waals surface area contributed by atoms with Crippen LogP contribution in [0.5, 0.6) is 0 Å². The van der Waals surface area contributed by atoms with E-state index in [1.54, 1.807) is 6.08 Å². The third kappa shape index (κ3) is 68.5. The Balaban J connectivity index is 3.88. The van der Waals surface area contributed by atoms with Crippen LogP contribution in [0.3, 0.4) is 0 Å². The highest BCUT2D eigenvalue weighted by molar-refractivity contribution is 7.47. The number of phosphoric acid groups is 1. The molecule has 500 valence electrons. The number of hydrogen-bond acceptors (Lipinski definition) is 5. The van der Waals surface area contributed by atoms with Crippen molar-refractivity contribution in [2.75, 3.05) is 40.9 Å². The Morgan fingerprint density at radius 2 is 0.643 bits per heavy atom. The van der Waals surface area contributed by atoms with Crippen LogP contribution in [-0.2, 0) is 18.4 Å². The van der Waals surface area contributed by atoms with Gasteiger partial charge in [0.05, 0.1) is 39.9 Å². The summed E-state index contributed by atoms with van der Waals surface area (Å²) in [5.74, 6) is -0.167. The maximum atomic E-state index is 13.1. The molecule has 0 aliphatic heterocycles. The van der Waals surface area contributed by atoms with Crippen molar-refractivity contribution in [3.05, 3.63) is 24.3 Å². The van der Waals surface area contributed by atoms with Crippen LogP contribution in [0.2, 0.25) is 0 Å². The zero-order valence-corrected chi connectivity index (χ0v) is 58.3. The number of carbonyl (C=O) groups excluding carboxylic acids is 1. The molecule has 84 heavy (non-hydrogen) atoms. The van der Waals surface area contributed by atoms with E-state index in [0.29, 0.717) is 17.4 Å². The van der Waals surface area contributed by atoms with Gasteiger partial charge in [0.2, 0.25) is 5.91 Å². The first-order chi connectivity index (χ1) is 41.0. The minimum atomic E-state index is -4.35. The van der Waals surface area contributed by atoms with E-state index in [9.17, 15) is 19.4 Å². The molecule has 0 bridgehead atoms. The van der Waals surface area contributed by atoms with E-state index >= 15 is 0 Å². The van der Waals surface area contributed by atoms with E-state index in [4.69, 9.17) is 9.05 Å². The molecule has 0 aromatic rings. The van der Waals surface area contributed by atoms with Gasteiger partial charge < -0.3 is 19.8 Å². The Morgan fingerprint density at radius 1 is 0.393 bits per heavy atom. The lowest BCUT2D eigenvalue weighted by Crippen LogP contribution is -2.45. The molecule has 0 saturated carbocycles. The lowest BCUT2D eigenvalue weighted by molar-refractivity contribution is -0.870. The van der Waals surface area contributed by atoms with Crippen LogP contribution >= 0.6 is 7.82 Å². The van der Waals surface area contributed by atoms with Crippen LogP contribution in [-0.4, -0.2) is 73.4 Å². The first kappa shape index (κ1) is 83.0. The van der Waals surface area contributed by atoms with E-state index < -0.39 is 20.0 Å². The molecule has 0 aromatic carbocycles. The molecule has 0 rings (SSSR count). The number of carbonyl (C=O) groups is 1. The number of rotatable bonds is 71. The third-order valence-corrected chi connectivity index (χ3v) is 18.6. The summed E-state index contributed by atoms with van der Waals surface area (Å²) < 4.78 is 23.8. The van der Waals surface area contributed by atoms with E-state index in [0.717, 1.165) is 32.1 Å². The third-order valence-electron chi connectivity index (χ3n) is 17.7. The first-order valence-corrected chi connectivity index (χ1v) is 39.2. The maximum Gasteiger partial charge on any atom is 0.472 e. The number of nitrogens with one attached hydrogen (secondary N) is 1. The summed E-state index contributed by atoms with van der Waals surface area (Å²) >= 11 is 0. The Labute approximate surface area is 525 Å². The molecule has 0 heterocycles. The Morgan fingerprint density at radius 3 is 0.917 bits per heavy atom. The lowest BCUT2D eigenvalue weighted by atomic mass is 10.0. The maximum absolute atomic E-state index is 13.1. The molecule has 9 heteroatoms. The number of nitrogens with zero attached hydrogens (tertiary/aromatic N) is 1. The zero-order valence-electron chi connectivity index (χ0n) is 57.4. The van der Waals surface area contributed by atoms with Crippen molar-refractivity contribution in [3.8, 4) is 0 Å². The van der Waals surface area contributed by atoms with E-state index in [-0.39, 0.29) is 19.1 Å². The van der Waals surface area contributed by atoms with Crippen LogP contribution in [0.1, 0.15) is 399 Å². The van der Waals surface area contributed by atoms with Crippen molar-refractivity contribution in [1.29, 1.82) is 0 Å². The topological polar surface area (TPSA) is 105 Å². The van der Waals surface area contributed by atoms with Crippen LogP contribution in [0, 0.1) is 0 Å². The zero-order chi connectivity index (χ0) is 61.2. The summed E-state index contributed by atoms with van der Waals surface area (Å²) in [6, 6.07) is -0.844. The Bertz CT molecular complexity index is 1420. The van der Waals surface area contributed by atoms with E-state index in [2.05, 4.69) is 31.3 Å². The van der Waals surface area contributed by atoms with Crippen molar-refractivity contribution in [3.63, 3.8) is 0 Å². The quantitative estimate of drug-likeness (QED) is 0.0243. The molecule has 0 spiro atoms. The van der Waals surface area contributed by atoms with E-state index in [1.807, 2.05) is 27.2 Å². The molecule has 0 radical (unpaired) electrons. The molecule has 3 N–H and O–H groups in total. The van der Waals surface area contributed by atoms with Gasteiger partial charge in [-0.05, 0) is 44.9 Å². The number of hydrogen-bond donors (Lipinski definition) is 3. The number of likely N-dealkylation sites (N-methyl/N-ethyl adjacent to an activating group) is 1. The van der Waals surface area contributed by atoms with Gasteiger partial charge in [-0.1, -0.05) is 372 Å². The standard InChI is InChI=1S/C75H149N2O6P/c1-6-8-10-12-14-16-18-20-22-24-26-28-29-30-31-32-33-34-35-36-37-38-39-40-41-42-43-44-45-46-47-49-51-53-55-57-59-61-63-65-67-69-75(79)76-73(72-83-84(80,81)82-71-70-77(3,4)5)74(78)68-66-64-62-60-58-56-54-52-50-48-27-25-23-21-19-17-15-13-11-9-7-2/h24,26,66,68,73-74,78H,6-23,25,27-65,67,69-72H2,1-5H3,(H-,76,79,80,81)/p+1/b26-24-,68-66+. The highest BCUT2D eigenvalue weighted by Crippen LogP contribution is 2.43. The van der Waals surface area contributed by atoms with Gasteiger partial charge >= 0.3 is 7.82 Å². The summed E-state index contributed by atoms with van der Waals surface area (Å²) in [4.78, 5) is 23.4. The second kappa shape index (κ2) is 66.4. The molecule has 1 amide bonds. The fourth-order valence-corrected chi connectivity index (χ4v) is 12.5. The monoisotopic (exact) mass is 1210 g/mol. The highest BCUT2D eigenvalue weighted by Gasteiger charge is 2.28. The normalized spacial score (nSPS) is 13.7. The summed E-state index contributed by atoms with van der Waals surface area (Å²) in [5, 5.41) is 14.0. The van der Waals surface area contributed by atoms with E-state index in [1.165, 1.54) is 347 Å². The average Bonchev–Trinajstić information content (AvgIpc) is 3.56. The Hall–Kier alpha value is -1.02. The van der Waals surface area contributed by atoms with Gasteiger partial charge in [-0.3, -0.25) is 13.8 Å². The summed E-state index contributed by atoms with van der Waals surface area (Å²) in [7, 11) is 1.59. The molecular formula is C75H150N2O6P+. The average molecular weight is 1210 g/mol. The fraction of sp³-hybridized carbons (Fsp3) is 0.933. The summed E-state index contributed by atoms with van der Waals surface area (Å²) in [6.07, 6.45) is 87.9. The first-order valence-electron chi connectivity index (χ1n) is 37.7. The number of amides is 1. The molecule has 0 saturated heterocycles. The van der Waals surface area contributed by atoms with Gasteiger partial charge in [0.15, 0.2) is 0 Å². The van der Waals surface area contributed by atoms with Crippen molar-refractivity contribution < 1.29 is 32.9 Å². The van der Waals surface area contributed by atoms with Gasteiger partial charge in [0.25, 0.3) is 0 Å². The number of phosphoric ester groups is 1. The predicted molar refractivity (Wildman–Crippen MR) is 369 cm³/mol. The van der Waals surface area contributed by atoms with Gasteiger partial charge in [-0.15, -0.1) is 0 Å². The lowest BCUT2D eigenvalue weighted by Gasteiger charge is -2.25.